The van der Waals surface area contributed by atoms with Crippen LogP contribution in [0, 0.1) is 48.3 Å². The summed E-state index contributed by atoms with van der Waals surface area (Å²) in [5.41, 5.74) is 3.17. The average molecular weight is 926 g/mol. The van der Waals surface area contributed by atoms with E-state index in [9.17, 15) is 39.9 Å². The Morgan fingerprint density at radius 1 is 0.662 bits per heavy atom. The summed E-state index contributed by atoms with van der Waals surface area (Å²) < 4.78 is 27.7. The lowest BCUT2D eigenvalue weighted by Gasteiger charge is -2.25. The molecule has 0 saturated heterocycles. The standard InChI is InChI=1S/C48H71N5O11S/c1-5-7-9-11-13-15-17-38(47(56)57)32-44(54)63-29-27-61-24-22-53(40-19-20-42(36(3)31-40)51-52-46-41(34-49)37(4)43(35-50)65-46)21-23-60-25-26-62-28-30-64-45(55)33-39(48(58)59)18-16-14-12-10-8-6-2/h19-20,31,38-39H,5-18,21-30,32-33H2,1-4H3,(H,56,57)(H,58,59). The number of thiophene rings is 1. The molecule has 2 atom stereocenters. The number of benzene rings is 1. The molecule has 2 unspecified atom stereocenters. The zero-order chi connectivity index (χ0) is 47.7. The van der Waals surface area contributed by atoms with Crippen LogP contribution in [0.5, 0.6) is 0 Å². The molecule has 2 aromatic rings. The highest BCUT2D eigenvalue weighted by Gasteiger charge is 2.23. The van der Waals surface area contributed by atoms with Gasteiger partial charge in [0, 0.05) is 18.8 Å². The largest absolute Gasteiger partial charge is 0.481 e. The summed E-state index contributed by atoms with van der Waals surface area (Å²) in [6.07, 6.45) is 13.0. The van der Waals surface area contributed by atoms with Crippen LogP contribution in [-0.2, 0) is 42.9 Å². The molecule has 360 valence electrons. The van der Waals surface area contributed by atoms with E-state index in [1.165, 1.54) is 12.8 Å². The first-order chi connectivity index (χ1) is 31.4. The van der Waals surface area contributed by atoms with Gasteiger partial charge in [0.2, 0.25) is 0 Å². The summed E-state index contributed by atoms with van der Waals surface area (Å²) >= 11 is 1.12. The van der Waals surface area contributed by atoms with Crippen LogP contribution in [-0.4, -0.2) is 100 Å². The Labute approximate surface area is 389 Å². The number of esters is 2. The highest BCUT2D eigenvalue weighted by molar-refractivity contribution is 7.16. The molecule has 17 heteroatoms. The molecule has 0 amide bonds. The number of anilines is 1. The van der Waals surface area contributed by atoms with E-state index >= 15 is 0 Å². The molecule has 0 aliphatic carbocycles. The number of carbonyl (C=O) groups is 4. The van der Waals surface area contributed by atoms with Gasteiger partial charge < -0.3 is 38.8 Å². The Bertz CT molecular complexity index is 1840. The minimum absolute atomic E-state index is 0.00143. The summed E-state index contributed by atoms with van der Waals surface area (Å²) in [7, 11) is 0. The fraction of sp³-hybridized carbons (Fsp3) is 0.667. The predicted molar refractivity (Wildman–Crippen MR) is 248 cm³/mol. The van der Waals surface area contributed by atoms with Gasteiger partial charge in [-0.25, -0.2) is 0 Å². The van der Waals surface area contributed by atoms with E-state index in [1.807, 2.05) is 25.1 Å². The number of nitrogens with zero attached hydrogens (tertiary/aromatic N) is 5. The van der Waals surface area contributed by atoms with E-state index in [0.29, 0.717) is 59.2 Å². The van der Waals surface area contributed by atoms with Crippen LogP contribution < -0.4 is 4.90 Å². The predicted octanol–water partition coefficient (Wildman–Crippen LogP) is 10.1. The number of hydrogen-bond acceptors (Lipinski definition) is 15. The minimum Gasteiger partial charge on any atom is -0.481 e. The van der Waals surface area contributed by atoms with Gasteiger partial charge in [0.15, 0.2) is 5.00 Å². The molecule has 0 bridgehead atoms. The zero-order valence-electron chi connectivity index (χ0n) is 39.0. The summed E-state index contributed by atoms with van der Waals surface area (Å²) in [6, 6.07) is 9.85. The molecule has 0 fully saturated rings. The third kappa shape index (κ3) is 23.7. The number of rotatable bonds is 38. The average Bonchev–Trinajstić information content (AvgIpc) is 3.60. The van der Waals surface area contributed by atoms with Crippen LogP contribution in [0.2, 0.25) is 0 Å². The molecule has 1 heterocycles. The summed E-state index contributed by atoms with van der Waals surface area (Å²) in [5.74, 6) is -4.61. The number of aryl methyl sites for hydroxylation is 1. The SMILES string of the molecule is CCCCCCCCC(CC(=O)OCCOCCOCCN(CCOCCOC(=O)CC(CCCCCCCC)C(=O)O)c1ccc(N=Nc2sc(C#N)c(C)c2C#N)c(C)c1)C(=O)O. The monoisotopic (exact) mass is 925 g/mol. The Morgan fingerprint density at radius 3 is 1.60 bits per heavy atom. The Kier molecular flexibility index (Phi) is 29.7. The van der Waals surface area contributed by atoms with Crippen molar-refractivity contribution in [1.82, 2.24) is 0 Å². The molecule has 0 saturated carbocycles. The van der Waals surface area contributed by atoms with Crippen molar-refractivity contribution in [2.24, 2.45) is 22.1 Å². The van der Waals surface area contributed by atoms with Crippen molar-refractivity contribution >= 4 is 51.6 Å². The molecule has 2 rings (SSSR count). The molecule has 1 aromatic carbocycles. The molecule has 0 spiro atoms. The molecule has 1 aromatic heterocycles. The van der Waals surface area contributed by atoms with Crippen molar-refractivity contribution in [1.29, 1.82) is 10.5 Å². The van der Waals surface area contributed by atoms with Crippen molar-refractivity contribution in [2.75, 3.05) is 70.8 Å². The van der Waals surface area contributed by atoms with E-state index in [1.54, 1.807) is 6.92 Å². The second kappa shape index (κ2) is 34.4. The Balaban J connectivity index is 1.87. The fourth-order valence-electron chi connectivity index (χ4n) is 6.92. The van der Waals surface area contributed by atoms with Gasteiger partial charge in [-0.1, -0.05) is 90.9 Å². The van der Waals surface area contributed by atoms with E-state index in [0.717, 1.165) is 86.8 Å². The maximum atomic E-state index is 12.4. The van der Waals surface area contributed by atoms with Crippen molar-refractivity contribution in [3.8, 4) is 12.1 Å². The number of carbonyl (C=O) groups excluding carboxylic acids is 2. The third-order valence-electron chi connectivity index (χ3n) is 10.8. The van der Waals surface area contributed by atoms with Gasteiger partial charge in [-0.05, 0) is 56.0 Å². The van der Waals surface area contributed by atoms with E-state index < -0.39 is 35.7 Å². The van der Waals surface area contributed by atoms with Crippen molar-refractivity contribution in [3.63, 3.8) is 0 Å². The summed E-state index contributed by atoms with van der Waals surface area (Å²) in [4.78, 5) is 50.6. The second-order valence-electron chi connectivity index (χ2n) is 16.0. The van der Waals surface area contributed by atoms with Crippen LogP contribution >= 0.6 is 11.3 Å². The number of carboxylic acids is 2. The molecule has 65 heavy (non-hydrogen) atoms. The topological polar surface area (TPSA) is 230 Å². The molecule has 0 aliphatic heterocycles. The van der Waals surface area contributed by atoms with Crippen LogP contribution in [0.25, 0.3) is 0 Å². The molecular weight excluding hydrogens is 855 g/mol. The lowest BCUT2D eigenvalue weighted by atomic mass is 9.97. The van der Waals surface area contributed by atoms with Gasteiger partial charge in [-0.15, -0.1) is 21.6 Å². The van der Waals surface area contributed by atoms with Crippen LogP contribution in [0.15, 0.2) is 28.4 Å². The maximum absolute atomic E-state index is 12.4. The van der Waals surface area contributed by atoms with E-state index in [-0.39, 0.29) is 59.1 Å². The smallest absolute Gasteiger partial charge is 0.307 e. The first-order valence-electron chi connectivity index (χ1n) is 23.2. The van der Waals surface area contributed by atoms with Gasteiger partial charge >= 0.3 is 23.9 Å². The third-order valence-corrected chi connectivity index (χ3v) is 11.9. The zero-order valence-corrected chi connectivity index (χ0v) is 39.8. The fourth-order valence-corrected chi connectivity index (χ4v) is 7.79. The van der Waals surface area contributed by atoms with E-state index in [4.69, 9.17) is 23.7 Å². The molecule has 16 nitrogen and oxygen atoms in total. The first kappa shape index (κ1) is 56.2. The highest BCUT2D eigenvalue weighted by Crippen LogP contribution is 2.36. The van der Waals surface area contributed by atoms with Gasteiger partial charge in [0.05, 0.1) is 75.6 Å². The Morgan fingerprint density at radius 2 is 1.14 bits per heavy atom. The number of nitriles is 2. The summed E-state index contributed by atoms with van der Waals surface area (Å²) in [6.45, 7) is 10.3. The normalized spacial score (nSPS) is 12.1. The number of azo groups is 1. The van der Waals surface area contributed by atoms with Crippen molar-refractivity contribution < 1.29 is 53.1 Å². The molecular formula is C48H71N5O11S. The van der Waals surface area contributed by atoms with Crippen molar-refractivity contribution in [3.05, 3.63) is 39.8 Å². The van der Waals surface area contributed by atoms with Crippen LogP contribution in [0.1, 0.15) is 138 Å². The second-order valence-corrected chi connectivity index (χ2v) is 17.0. The maximum Gasteiger partial charge on any atom is 0.307 e. The summed E-state index contributed by atoms with van der Waals surface area (Å²) in [5, 5.41) is 47.2. The minimum atomic E-state index is -0.990. The lowest BCUT2D eigenvalue weighted by Crippen LogP contribution is -2.31. The highest BCUT2D eigenvalue weighted by atomic mass is 32.1. The van der Waals surface area contributed by atoms with Gasteiger partial charge in [-0.3, -0.25) is 19.2 Å². The first-order valence-corrected chi connectivity index (χ1v) is 24.0. The van der Waals surface area contributed by atoms with Crippen LogP contribution in [0.4, 0.5) is 16.4 Å². The number of aliphatic carboxylic acids is 2. The number of unbranched alkanes of at least 4 members (excludes halogenated alkanes) is 10. The Hall–Kier alpha value is -4.94. The van der Waals surface area contributed by atoms with Crippen LogP contribution in [0.3, 0.4) is 0 Å². The number of carboxylic acid groups (broad SMARTS) is 2. The molecule has 2 N–H and O–H groups in total. The number of ether oxygens (including phenoxy) is 5. The van der Waals surface area contributed by atoms with Crippen molar-refractivity contribution in [2.45, 2.75) is 130 Å². The van der Waals surface area contributed by atoms with Gasteiger partial charge in [-0.2, -0.15) is 10.5 Å². The lowest BCUT2D eigenvalue weighted by molar-refractivity contribution is -0.152. The van der Waals surface area contributed by atoms with E-state index in [2.05, 4.69) is 41.1 Å². The quantitative estimate of drug-likeness (QED) is 0.0363. The van der Waals surface area contributed by atoms with Gasteiger partial charge in [0.1, 0.15) is 30.2 Å². The number of hydrogen-bond donors (Lipinski definition) is 2. The molecule has 0 aliphatic rings. The van der Waals surface area contributed by atoms with Gasteiger partial charge in [0.25, 0.3) is 0 Å². The molecule has 0 radical (unpaired) electrons.